The molecule has 2 heterocycles. The number of hydrogen-bond donors (Lipinski definition) is 1. The third-order valence-electron chi connectivity index (χ3n) is 4.69. The number of pyridine rings is 1. The van der Waals surface area contributed by atoms with Crippen LogP contribution in [0, 0.1) is 0 Å². The first kappa shape index (κ1) is 19.5. The van der Waals surface area contributed by atoms with Crippen LogP contribution in [-0.4, -0.2) is 27.5 Å². The molecule has 0 unspecified atom stereocenters. The lowest BCUT2D eigenvalue weighted by Crippen LogP contribution is -2.34. The molecule has 7 heteroatoms. The second-order valence-corrected chi connectivity index (χ2v) is 7.06. The maximum Gasteiger partial charge on any atom is 0.329 e. The number of carbonyl (C=O) groups is 1. The lowest BCUT2D eigenvalue weighted by Gasteiger charge is -2.20. The molecule has 0 saturated heterocycles. The van der Waals surface area contributed by atoms with Crippen molar-refractivity contribution in [3.8, 4) is 0 Å². The van der Waals surface area contributed by atoms with Crippen molar-refractivity contribution in [2.45, 2.75) is 39.7 Å². The highest BCUT2D eigenvalue weighted by Crippen LogP contribution is 2.23. The van der Waals surface area contributed by atoms with Gasteiger partial charge in [-0.15, -0.1) is 0 Å². The van der Waals surface area contributed by atoms with Crippen molar-refractivity contribution in [2.75, 3.05) is 11.9 Å². The van der Waals surface area contributed by atoms with E-state index in [1.54, 1.807) is 13.1 Å². The Balaban J connectivity index is 2.32. The van der Waals surface area contributed by atoms with Crippen LogP contribution in [0.25, 0.3) is 11.0 Å². The zero-order valence-electron chi connectivity index (χ0n) is 16.5. The third-order valence-corrected chi connectivity index (χ3v) is 4.69. The maximum absolute atomic E-state index is 13.3. The Morgan fingerprint density at radius 3 is 2.50 bits per heavy atom. The first-order chi connectivity index (χ1) is 13.3. The van der Waals surface area contributed by atoms with Gasteiger partial charge < -0.3 is 4.90 Å². The summed E-state index contributed by atoms with van der Waals surface area (Å²) < 4.78 is 1.43. The van der Waals surface area contributed by atoms with E-state index < -0.39 is 11.2 Å². The number of nitrogens with one attached hydrogen (secondary N) is 1. The van der Waals surface area contributed by atoms with Gasteiger partial charge in [0, 0.05) is 25.0 Å². The predicted octanol–water partition coefficient (Wildman–Crippen LogP) is 2.89. The number of benzene rings is 1. The highest BCUT2D eigenvalue weighted by Gasteiger charge is 2.23. The van der Waals surface area contributed by atoms with E-state index in [-0.39, 0.29) is 28.4 Å². The van der Waals surface area contributed by atoms with Crippen molar-refractivity contribution < 1.29 is 4.79 Å². The van der Waals surface area contributed by atoms with Crippen molar-refractivity contribution in [3.05, 3.63) is 68.5 Å². The largest absolute Gasteiger partial charge is 0.329 e. The fourth-order valence-corrected chi connectivity index (χ4v) is 3.14. The first-order valence-electron chi connectivity index (χ1n) is 9.36. The van der Waals surface area contributed by atoms with Gasteiger partial charge in [-0.05, 0) is 30.5 Å². The van der Waals surface area contributed by atoms with Crippen LogP contribution in [0.4, 0.5) is 5.69 Å². The molecular weight excluding hydrogens is 356 g/mol. The molecule has 0 aliphatic heterocycles. The second-order valence-electron chi connectivity index (χ2n) is 7.06. The van der Waals surface area contributed by atoms with Crippen molar-refractivity contribution >= 4 is 22.6 Å². The van der Waals surface area contributed by atoms with Crippen LogP contribution in [0.15, 0.2) is 46.0 Å². The second kappa shape index (κ2) is 7.80. The minimum Gasteiger partial charge on any atom is -0.311 e. The van der Waals surface area contributed by atoms with E-state index in [0.29, 0.717) is 24.3 Å². The van der Waals surface area contributed by atoms with Gasteiger partial charge in [-0.3, -0.25) is 19.1 Å². The number of carbonyl (C=O) groups excluding carboxylic acids is 1. The molecule has 7 nitrogen and oxygen atoms in total. The van der Waals surface area contributed by atoms with Crippen molar-refractivity contribution in [3.63, 3.8) is 0 Å². The normalized spacial score (nSPS) is 11.2. The molecule has 0 radical (unpaired) electrons. The van der Waals surface area contributed by atoms with E-state index in [1.165, 1.54) is 9.47 Å². The van der Waals surface area contributed by atoms with Crippen molar-refractivity contribution in [1.29, 1.82) is 0 Å². The molecule has 0 aliphatic rings. The Bertz CT molecular complexity index is 1130. The number of aromatic amines is 1. The SMILES string of the molecule is CCCn1c(=O)[nH]c(=O)c2c(C(=O)N(C)c3ccccc3)cc(C(C)C)nc21. The number of nitrogens with zero attached hydrogens (tertiary/aromatic N) is 3. The van der Waals surface area contributed by atoms with Gasteiger partial charge in [-0.1, -0.05) is 39.0 Å². The summed E-state index contributed by atoms with van der Waals surface area (Å²) in [6.45, 7) is 6.26. The number of anilines is 1. The average Bonchev–Trinajstić information content (AvgIpc) is 2.69. The number of amides is 1. The van der Waals surface area contributed by atoms with E-state index in [4.69, 9.17) is 0 Å². The maximum atomic E-state index is 13.3. The molecular formula is C21H24N4O3. The van der Waals surface area contributed by atoms with Gasteiger partial charge in [0.1, 0.15) is 0 Å². The van der Waals surface area contributed by atoms with Crippen LogP contribution < -0.4 is 16.1 Å². The fraction of sp³-hybridized carbons (Fsp3) is 0.333. The smallest absolute Gasteiger partial charge is 0.311 e. The Morgan fingerprint density at radius 1 is 1.21 bits per heavy atom. The molecule has 0 aliphatic carbocycles. The fourth-order valence-electron chi connectivity index (χ4n) is 3.14. The molecule has 28 heavy (non-hydrogen) atoms. The van der Waals surface area contributed by atoms with Crippen LogP contribution in [0.3, 0.4) is 0 Å². The number of rotatable bonds is 5. The number of hydrogen-bond acceptors (Lipinski definition) is 4. The molecule has 1 aromatic carbocycles. The van der Waals surface area contributed by atoms with Crippen molar-refractivity contribution in [2.24, 2.45) is 0 Å². The summed E-state index contributed by atoms with van der Waals surface area (Å²) >= 11 is 0. The van der Waals surface area contributed by atoms with Crippen LogP contribution >= 0.6 is 0 Å². The lowest BCUT2D eigenvalue weighted by molar-refractivity contribution is 0.0994. The Hall–Kier alpha value is -3.22. The summed E-state index contributed by atoms with van der Waals surface area (Å²) in [7, 11) is 1.66. The van der Waals surface area contributed by atoms with Crippen LogP contribution in [0.2, 0.25) is 0 Å². The summed E-state index contributed by atoms with van der Waals surface area (Å²) in [4.78, 5) is 46.7. The molecule has 0 bridgehead atoms. The van der Waals surface area contributed by atoms with Gasteiger partial charge in [-0.25, -0.2) is 9.78 Å². The van der Waals surface area contributed by atoms with Gasteiger partial charge in [0.05, 0.1) is 10.9 Å². The van der Waals surface area contributed by atoms with E-state index >= 15 is 0 Å². The number of aromatic nitrogens is 3. The van der Waals surface area contributed by atoms with Gasteiger partial charge in [0.15, 0.2) is 5.65 Å². The van der Waals surface area contributed by atoms with E-state index in [2.05, 4.69) is 9.97 Å². The van der Waals surface area contributed by atoms with E-state index in [0.717, 1.165) is 0 Å². The molecule has 3 aromatic rings. The molecule has 3 rings (SSSR count). The quantitative estimate of drug-likeness (QED) is 0.737. The number of para-hydroxylation sites is 1. The Kier molecular flexibility index (Phi) is 5.44. The molecule has 2 aromatic heterocycles. The topological polar surface area (TPSA) is 88.1 Å². The van der Waals surface area contributed by atoms with Gasteiger partial charge in [0.2, 0.25) is 0 Å². The summed E-state index contributed by atoms with van der Waals surface area (Å²) in [5.74, 6) is -0.296. The third kappa shape index (κ3) is 3.47. The van der Waals surface area contributed by atoms with Crippen LogP contribution in [0.1, 0.15) is 49.2 Å². The summed E-state index contributed by atoms with van der Waals surface area (Å²) in [6, 6.07) is 10.9. The predicted molar refractivity (Wildman–Crippen MR) is 110 cm³/mol. The summed E-state index contributed by atoms with van der Waals surface area (Å²) in [5, 5.41) is 0.144. The molecule has 0 fully saturated rings. The Labute approximate surface area is 162 Å². The minimum absolute atomic E-state index is 0.0300. The average molecular weight is 380 g/mol. The number of aryl methyl sites for hydroxylation is 1. The van der Waals surface area contributed by atoms with Crippen LogP contribution in [0.5, 0.6) is 0 Å². The number of fused-ring (bicyclic) bond motifs is 1. The van der Waals surface area contributed by atoms with Gasteiger partial charge in [-0.2, -0.15) is 0 Å². The highest BCUT2D eigenvalue weighted by atomic mass is 16.2. The van der Waals surface area contributed by atoms with E-state index in [1.807, 2.05) is 51.1 Å². The molecule has 0 saturated carbocycles. The standard InChI is InChI=1S/C21H24N4O3/c1-5-11-25-18-17(19(26)23-21(25)28)15(12-16(22-18)13(2)3)20(27)24(4)14-9-7-6-8-10-14/h6-10,12-13H,5,11H2,1-4H3,(H,23,26,28). The first-order valence-corrected chi connectivity index (χ1v) is 9.36. The lowest BCUT2D eigenvalue weighted by atomic mass is 10.0. The monoisotopic (exact) mass is 380 g/mol. The zero-order valence-corrected chi connectivity index (χ0v) is 16.5. The molecule has 146 valence electrons. The number of H-pyrrole nitrogens is 1. The van der Waals surface area contributed by atoms with Gasteiger partial charge >= 0.3 is 5.69 Å². The van der Waals surface area contributed by atoms with E-state index in [9.17, 15) is 14.4 Å². The molecule has 0 spiro atoms. The molecule has 1 N–H and O–H groups in total. The summed E-state index contributed by atoms with van der Waals surface area (Å²) in [5.41, 5.74) is 0.759. The zero-order chi connectivity index (χ0) is 20.4. The highest BCUT2D eigenvalue weighted by molar-refractivity contribution is 6.12. The van der Waals surface area contributed by atoms with Crippen LogP contribution in [-0.2, 0) is 6.54 Å². The minimum atomic E-state index is -0.597. The molecule has 0 atom stereocenters. The Morgan fingerprint density at radius 2 is 1.89 bits per heavy atom. The van der Waals surface area contributed by atoms with Crippen molar-refractivity contribution in [1.82, 2.24) is 14.5 Å². The molecule has 1 amide bonds. The van der Waals surface area contributed by atoms with Gasteiger partial charge in [0.25, 0.3) is 11.5 Å². The summed E-state index contributed by atoms with van der Waals surface area (Å²) in [6.07, 6.45) is 0.696.